The molecule has 0 saturated carbocycles. The van der Waals surface area contributed by atoms with E-state index >= 15 is 0 Å². The average molecular weight is 558 g/mol. The van der Waals surface area contributed by atoms with Crippen molar-refractivity contribution in [3.8, 4) is 11.1 Å². The van der Waals surface area contributed by atoms with E-state index in [0.717, 1.165) is 27.8 Å². The Labute approximate surface area is 239 Å². The van der Waals surface area contributed by atoms with E-state index in [1.807, 2.05) is 54.6 Å². The summed E-state index contributed by atoms with van der Waals surface area (Å²) in [5.74, 6) is -1.57. The maximum absolute atomic E-state index is 13.5. The van der Waals surface area contributed by atoms with Gasteiger partial charge in [-0.15, -0.1) is 0 Å². The minimum absolute atomic E-state index is 0.0937. The lowest BCUT2D eigenvalue weighted by Crippen LogP contribution is -2.60. The SMILES string of the molecule is COC(CCNC(=O)C1(NC(=O)OCC2c3ccccc3-c3ccccc32)CCN(Cc2ccccc2)C1)C(=O)O. The molecule has 9 heteroatoms. The van der Waals surface area contributed by atoms with Gasteiger partial charge in [0.15, 0.2) is 6.10 Å². The molecular formula is C32H35N3O6. The first-order chi connectivity index (χ1) is 19.9. The van der Waals surface area contributed by atoms with Gasteiger partial charge < -0.3 is 25.2 Å². The number of nitrogens with one attached hydrogen (secondary N) is 2. The number of fused-ring (bicyclic) bond motifs is 3. The number of benzene rings is 3. The number of alkyl carbamates (subject to hydrolysis) is 1. The number of methoxy groups -OCH3 is 1. The summed E-state index contributed by atoms with van der Waals surface area (Å²) >= 11 is 0. The van der Waals surface area contributed by atoms with Crippen LogP contribution in [0.4, 0.5) is 4.79 Å². The second-order valence-electron chi connectivity index (χ2n) is 10.6. The maximum Gasteiger partial charge on any atom is 0.408 e. The summed E-state index contributed by atoms with van der Waals surface area (Å²) in [5.41, 5.74) is 4.37. The van der Waals surface area contributed by atoms with Crippen molar-refractivity contribution in [3.05, 3.63) is 95.6 Å². The van der Waals surface area contributed by atoms with Gasteiger partial charge >= 0.3 is 12.1 Å². The van der Waals surface area contributed by atoms with Gasteiger partial charge in [0.2, 0.25) is 5.91 Å². The number of carbonyl (C=O) groups excluding carboxylic acids is 2. The third-order valence-corrected chi connectivity index (χ3v) is 7.97. The predicted octanol–water partition coefficient (Wildman–Crippen LogP) is 3.78. The van der Waals surface area contributed by atoms with Gasteiger partial charge in [-0.2, -0.15) is 0 Å². The number of carboxylic acid groups (broad SMARTS) is 1. The first-order valence-electron chi connectivity index (χ1n) is 13.8. The van der Waals surface area contributed by atoms with E-state index in [1.54, 1.807) is 0 Å². The summed E-state index contributed by atoms with van der Waals surface area (Å²) in [6, 6.07) is 26.2. The van der Waals surface area contributed by atoms with Crippen molar-refractivity contribution in [1.82, 2.24) is 15.5 Å². The molecule has 214 valence electrons. The summed E-state index contributed by atoms with van der Waals surface area (Å²) in [5, 5.41) is 15.0. The van der Waals surface area contributed by atoms with Crippen LogP contribution in [0, 0.1) is 0 Å². The molecule has 2 unspecified atom stereocenters. The number of hydrogen-bond acceptors (Lipinski definition) is 6. The van der Waals surface area contributed by atoms with Gasteiger partial charge in [-0.3, -0.25) is 9.69 Å². The van der Waals surface area contributed by atoms with Crippen molar-refractivity contribution in [2.45, 2.75) is 36.9 Å². The number of carbonyl (C=O) groups is 3. The Morgan fingerprint density at radius 2 is 1.61 bits per heavy atom. The molecule has 1 saturated heterocycles. The van der Waals surface area contributed by atoms with E-state index < -0.39 is 23.7 Å². The molecule has 1 aliphatic heterocycles. The highest BCUT2D eigenvalue weighted by Gasteiger charge is 2.46. The fourth-order valence-corrected chi connectivity index (χ4v) is 5.87. The predicted molar refractivity (Wildman–Crippen MR) is 153 cm³/mol. The van der Waals surface area contributed by atoms with Crippen molar-refractivity contribution in [3.63, 3.8) is 0 Å². The Morgan fingerprint density at radius 1 is 0.976 bits per heavy atom. The number of rotatable bonds is 11. The first kappa shape index (κ1) is 28.3. The molecule has 0 bridgehead atoms. The molecule has 1 heterocycles. The Kier molecular flexibility index (Phi) is 8.66. The molecule has 3 aromatic carbocycles. The van der Waals surface area contributed by atoms with Crippen LogP contribution in [0.2, 0.25) is 0 Å². The summed E-state index contributed by atoms with van der Waals surface area (Å²) in [6.45, 7) is 1.76. The van der Waals surface area contributed by atoms with Crippen molar-refractivity contribution in [1.29, 1.82) is 0 Å². The summed E-state index contributed by atoms with van der Waals surface area (Å²) < 4.78 is 10.7. The van der Waals surface area contributed by atoms with Crippen molar-refractivity contribution in [2.24, 2.45) is 0 Å². The topological polar surface area (TPSA) is 117 Å². The van der Waals surface area contributed by atoms with Gasteiger partial charge in [0.25, 0.3) is 0 Å². The number of amides is 2. The van der Waals surface area contributed by atoms with Crippen LogP contribution in [-0.2, 0) is 25.6 Å². The van der Waals surface area contributed by atoms with Crippen LogP contribution in [0.25, 0.3) is 11.1 Å². The van der Waals surface area contributed by atoms with Crippen LogP contribution in [0.15, 0.2) is 78.9 Å². The fourth-order valence-electron chi connectivity index (χ4n) is 5.87. The molecule has 1 fully saturated rings. The average Bonchev–Trinajstić information content (AvgIpc) is 3.53. The molecule has 1 aliphatic carbocycles. The minimum Gasteiger partial charge on any atom is -0.479 e. The van der Waals surface area contributed by atoms with E-state index in [-0.39, 0.29) is 31.4 Å². The molecule has 3 aromatic rings. The van der Waals surface area contributed by atoms with Gasteiger partial charge in [-0.05, 0) is 34.2 Å². The smallest absolute Gasteiger partial charge is 0.408 e. The molecule has 2 atom stereocenters. The van der Waals surface area contributed by atoms with Crippen molar-refractivity contribution >= 4 is 18.0 Å². The molecule has 9 nitrogen and oxygen atoms in total. The maximum atomic E-state index is 13.5. The zero-order valence-electron chi connectivity index (χ0n) is 23.0. The van der Waals surface area contributed by atoms with E-state index in [9.17, 15) is 19.5 Å². The molecule has 41 heavy (non-hydrogen) atoms. The molecule has 5 rings (SSSR count). The van der Waals surface area contributed by atoms with Crippen molar-refractivity contribution in [2.75, 3.05) is 33.4 Å². The molecular weight excluding hydrogens is 522 g/mol. The number of hydrogen-bond donors (Lipinski definition) is 3. The Bertz CT molecular complexity index is 1350. The number of nitrogens with zero attached hydrogens (tertiary/aromatic N) is 1. The molecule has 2 amide bonds. The third kappa shape index (κ3) is 6.26. The second-order valence-corrected chi connectivity index (χ2v) is 10.6. The highest BCUT2D eigenvalue weighted by molar-refractivity contribution is 5.91. The molecule has 0 radical (unpaired) electrons. The summed E-state index contributed by atoms with van der Waals surface area (Å²) in [7, 11) is 1.32. The summed E-state index contributed by atoms with van der Waals surface area (Å²) in [6.07, 6.45) is -1.20. The van der Waals surface area contributed by atoms with Gasteiger partial charge in [0.1, 0.15) is 12.1 Å². The van der Waals surface area contributed by atoms with Crippen LogP contribution in [-0.4, -0.2) is 73.0 Å². The van der Waals surface area contributed by atoms with Crippen LogP contribution in [0.3, 0.4) is 0 Å². The number of likely N-dealkylation sites (tertiary alicyclic amines) is 1. The lowest BCUT2D eigenvalue weighted by Gasteiger charge is -2.29. The van der Waals surface area contributed by atoms with Gasteiger partial charge in [-0.25, -0.2) is 9.59 Å². The van der Waals surface area contributed by atoms with Gasteiger partial charge in [0.05, 0.1) is 0 Å². The number of carboxylic acids is 1. The van der Waals surface area contributed by atoms with Gasteiger partial charge in [-0.1, -0.05) is 78.9 Å². The Morgan fingerprint density at radius 3 is 2.24 bits per heavy atom. The standard InChI is InChI=1S/C32H35N3O6/c1-40-28(29(36)37)15-17-33-30(38)32(16-18-35(21-32)19-22-9-3-2-4-10-22)34-31(39)41-20-27-25-13-7-5-11-23(25)24-12-6-8-14-26(24)27/h2-14,27-28H,15-21H2,1H3,(H,33,38)(H,34,39)(H,36,37). The monoisotopic (exact) mass is 557 g/mol. The molecule has 0 aromatic heterocycles. The van der Waals surface area contributed by atoms with Crippen LogP contribution in [0.5, 0.6) is 0 Å². The van der Waals surface area contributed by atoms with Gasteiger partial charge in [0, 0.05) is 45.6 Å². The van der Waals surface area contributed by atoms with E-state index in [4.69, 9.17) is 9.47 Å². The zero-order chi connectivity index (χ0) is 28.8. The van der Waals surface area contributed by atoms with E-state index in [2.05, 4.69) is 39.8 Å². The van der Waals surface area contributed by atoms with Crippen LogP contribution < -0.4 is 10.6 Å². The number of ether oxygens (including phenoxy) is 2. The Balaban J connectivity index is 1.27. The molecule has 2 aliphatic rings. The third-order valence-electron chi connectivity index (χ3n) is 7.97. The number of aliphatic carboxylic acids is 1. The normalized spacial score (nSPS) is 18.8. The Hall–Kier alpha value is -4.21. The fraction of sp³-hybridized carbons (Fsp3) is 0.344. The van der Waals surface area contributed by atoms with Crippen LogP contribution in [0.1, 0.15) is 35.4 Å². The van der Waals surface area contributed by atoms with E-state index in [0.29, 0.717) is 26.1 Å². The largest absolute Gasteiger partial charge is 0.479 e. The molecule has 3 N–H and O–H groups in total. The quantitative estimate of drug-likeness (QED) is 0.329. The lowest BCUT2D eigenvalue weighted by atomic mass is 9.97. The first-order valence-corrected chi connectivity index (χ1v) is 13.8. The van der Waals surface area contributed by atoms with Crippen LogP contribution >= 0.6 is 0 Å². The van der Waals surface area contributed by atoms with E-state index in [1.165, 1.54) is 7.11 Å². The second kappa shape index (κ2) is 12.5. The van der Waals surface area contributed by atoms with Crippen molar-refractivity contribution < 1.29 is 29.0 Å². The lowest BCUT2D eigenvalue weighted by molar-refractivity contribution is -0.149. The molecule has 0 spiro atoms. The minimum atomic E-state index is -1.22. The summed E-state index contributed by atoms with van der Waals surface area (Å²) in [4.78, 5) is 40.2. The highest BCUT2D eigenvalue weighted by atomic mass is 16.5. The zero-order valence-corrected chi connectivity index (χ0v) is 23.0. The highest BCUT2D eigenvalue weighted by Crippen LogP contribution is 2.44.